The quantitative estimate of drug-likeness (QED) is 0.471. The Morgan fingerprint density at radius 2 is 1.93 bits per heavy atom. The van der Waals surface area contributed by atoms with Crippen LogP contribution in [0.4, 0.5) is 5.69 Å². The average Bonchev–Trinajstić information content (AvgIpc) is 3.39. The molecule has 8 nitrogen and oxygen atoms in total. The van der Waals surface area contributed by atoms with Gasteiger partial charge in [0.05, 0.1) is 24.0 Å². The van der Waals surface area contributed by atoms with Crippen LogP contribution in [0.3, 0.4) is 0 Å². The lowest BCUT2D eigenvalue weighted by Gasteiger charge is -2.08. The number of nitrogens with two attached hydrogens (primary N) is 1. The van der Waals surface area contributed by atoms with E-state index in [1.54, 1.807) is 10.9 Å². The molecule has 2 aromatic carbocycles. The summed E-state index contributed by atoms with van der Waals surface area (Å²) in [5, 5.41) is 14.4. The summed E-state index contributed by atoms with van der Waals surface area (Å²) in [7, 11) is 0. The van der Waals surface area contributed by atoms with Gasteiger partial charge in [0, 0.05) is 23.4 Å². The maximum absolute atomic E-state index is 12.7. The first-order valence-electron chi connectivity index (χ1n) is 9.27. The average molecular weight is 387 g/mol. The fraction of sp³-hybridized carbons (Fsp3) is 0.143. The number of carbonyl (C=O) groups is 1. The number of carbonyl (C=O) groups excluding carboxylic acids is 1. The number of anilines is 1. The van der Waals surface area contributed by atoms with E-state index >= 15 is 0 Å². The Bertz CT molecular complexity index is 1110. The van der Waals surface area contributed by atoms with Gasteiger partial charge in [0.25, 0.3) is 5.91 Å². The molecular formula is C21H21N7O. The Morgan fingerprint density at radius 3 is 2.72 bits per heavy atom. The van der Waals surface area contributed by atoms with Gasteiger partial charge in [-0.25, -0.2) is 4.98 Å². The number of aromatic amines is 1. The molecule has 2 aromatic heterocycles. The summed E-state index contributed by atoms with van der Waals surface area (Å²) < 4.78 is 1.66. The standard InChI is InChI=1S/C21H21N7O/c1-14(22)12-28-13-16(11-23-28)21(29)24-18-10-6-5-9-17(18)20-25-19(26-27-20)15-7-3-2-4-8-15/h2-11,13-14H,12,22H2,1H3,(H,24,29)(H,25,26,27). The topological polar surface area (TPSA) is 115 Å². The molecule has 0 aliphatic carbocycles. The first-order valence-corrected chi connectivity index (χ1v) is 9.27. The van der Waals surface area contributed by atoms with E-state index in [1.807, 2.05) is 61.5 Å². The van der Waals surface area contributed by atoms with Crippen LogP contribution in [0.25, 0.3) is 22.8 Å². The fourth-order valence-electron chi connectivity index (χ4n) is 2.97. The second-order valence-electron chi connectivity index (χ2n) is 6.80. The first kappa shape index (κ1) is 18.6. The number of hydrogen-bond acceptors (Lipinski definition) is 5. The smallest absolute Gasteiger partial charge is 0.258 e. The van der Waals surface area contributed by atoms with Crippen molar-refractivity contribution < 1.29 is 4.79 Å². The minimum Gasteiger partial charge on any atom is -0.326 e. The van der Waals surface area contributed by atoms with Crippen molar-refractivity contribution in [1.29, 1.82) is 0 Å². The lowest BCUT2D eigenvalue weighted by molar-refractivity contribution is 0.102. The Balaban J connectivity index is 1.57. The van der Waals surface area contributed by atoms with Crippen LogP contribution in [0.15, 0.2) is 67.0 Å². The number of amides is 1. The van der Waals surface area contributed by atoms with Gasteiger partial charge in [0.15, 0.2) is 11.6 Å². The SMILES string of the molecule is CC(N)Cn1cc(C(=O)Nc2ccccc2-c2nc(-c3ccccc3)n[nH]2)cn1. The number of H-pyrrole nitrogens is 1. The third-order valence-corrected chi connectivity index (χ3v) is 4.32. The molecule has 0 aliphatic rings. The van der Waals surface area contributed by atoms with Gasteiger partial charge in [-0.05, 0) is 19.1 Å². The van der Waals surface area contributed by atoms with Crippen LogP contribution < -0.4 is 11.1 Å². The Kier molecular flexibility index (Phi) is 5.17. The van der Waals surface area contributed by atoms with Crippen LogP contribution >= 0.6 is 0 Å². The second kappa shape index (κ2) is 8.07. The molecule has 4 rings (SSSR count). The van der Waals surface area contributed by atoms with E-state index in [-0.39, 0.29) is 11.9 Å². The molecule has 0 aliphatic heterocycles. The van der Waals surface area contributed by atoms with Gasteiger partial charge in [-0.2, -0.15) is 10.2 Å². The van der Waals surface area contributed by atoms with E-state index in [4.69, 9.17) is 5.73 Å². The zero-order valence-electron chi connectivity index (χ0n) is 15.9. The number of aromatic nitrogens is 5. The van der Waals surface area contributed by atoms with Gasteiger partial charge in [0.1, 0.15) is 0 Å². The summed E-state index contributed by atoms with van der Waals surface area (Å²) in [5.41, 5.74) is 8.54. The minimum absolute atomic E-state index is 0.0446. The maximum atomic E-state index is 12.7. The highest BCUT2D eigenvalue weighted by molar-refractivity contribution is 6.05. The molecule has 0 radical (unpaired) electrons. The summed E-state index contributed by atoms with van der Waals surface area (Å²) in [6.07, 6.45) is 3.21. The van der Waals surface area contributed by atoms with Crippen molar-refractivity contribution in [2.24, 2.45) is 5.73 Å². The molecule has 0 saturated carbocycles. The summed E-state index contributed by atoms with van der Waals surface area (Å²) in [6, 6.07) is 17.1. The Hall–Kier alpha value is -3.78. The van der Waals surface area contributed by atoms with Crippen molar-refractivity contribution in [3.8, 4) is 22.8 Å². The number of nitrogens with one attached hydrogen (secondary N) is 2. The monoisotopic (exact) mass is 387 g/mol. The van der Waals surface area contributed by atoms with Crippen LogP contribution in [-0.4, -0.2) is 36.9 Å². The Labute approximate surface area is 167 Å². The molecule has 2 heterocycles. The van der Waals surface area contributed by atoms with Gasteiger partial charge in [-0.15, -0.1) is 0 Å². The lowest BCUT2D eigenvalue weighted by Crippen LogP contribution is -2.22. The number of rotatable bonds is 6. The second-order valence-corrected chi connectivity index (χ2v) is 6.80. The molecule has 29 heavy (non-hydrogen) atoms. The van der Waals surface area contributed by atoms with Gasteiger partial charge in [0.2, 0.25) is 0 Å². The molecule has 0 fully saturated rings. The van der Waals surface area contributed by atoms with E-state index in [0.29, 0.717) is 29.4 Å². The van der Waals surface area contributed by atoms with Crippen molar-refractivity contribution in [2.45, 2.75) is 19.5 Å². The van der Waals surface area contributed by atoms with Gasteiger partial charge >= 0.3 is 0 Å². The first-order chi connectivity index (χ1) is 14.1. The highest BCUT2D eigenvalue weighted by atomic mass is 16.1. The highest BCUT2D eigenvalue weighted by Crippen LogP contribution is 2.27. The van der Waals surface area contributed by atoms with Crippen LogP contribution in [0.5, 0.6) is 0 Å². The van der Waals surface area contributed by atoms with Crippen LogP contribution in [0.1, 0.15) is 17.3 Å². The third-order valence-electron chi connectivity index (χ3n) is 4.32. The van der Waals surface area contributed by atoms with Gasteiger partial charge in [-0.3, -0.25) is 14.6 Å². The zero-order valence-corrected chi connectivity index (χ0v) is 15.9. The molecule has 1 amide bonds. The molecule has 8 heteroatoms. The lowest BCUT2D eigenvalue weighted by atomic mass is 10.1. The predicted octanol–water partition coefficient (Wildman–Crippen LogP) is 2.93. The molecular weight excluding hydrogens is 366 g/mol. The van der Waals surface area contributed by atoms with Gasteiger partial charge in [-0.1, -0.05) is 42.5 Å². The number of para-hydroxylation sites is 1. The van der Waals surface area contributed by atoms with Crippen molar-refractivity contribution in [3.05, 3.63) is 72.6 Å². The molecule has 4 aromatic rings. The summed E-state index contributed by atoms with van der Waals surface area (Å²) in [6.45, 7) is 2.43. The number of benzene rings is 2. The largest absolute Gasteiger partial charge is 0.326 e. The number of nitrogens with zero attached hydrogens (tertiary/aromatic N) is 4. The van der Waals surface area contributed by atoms with Gasteiger partial charge < -0.3 is 11.1 Å². The maximum Gasteiger partial charge on any atom is 0.258 e. The molecule has 4 N–H and O–H groups in total. The predicted molar refractivity (Wildman–Crippen MR) is 111 cm³/mol. The Morgan fingerprint density at radius 1 is 1.17 bits per heavy atom. The van der Waals surface area contributed by atoms with E-state index in [9.17, 15) is 4.79 Å². The van der Waals surface area contributed by atoms with E-state index in [0.717, 1.165) is 11.1 Å². The van der Waals surface area contributed by atoms with Crippen molar-refractivity contribution >= 4 is 11.6 Å². The molecule has 146 valence electrons. The summed E-state index contributed by atoms with van der Waals surface area (Å²) in [5.74, 6) is 0.919. The van der Waals surface area contributed by atoms with E-state index < -0.39 is 0 Å². The number of hydrogen-bond donors (Lipinski definition) is 3. The highest BCUT2D eigenvalue weighted by Gasteiger charge is 2.15. The van der Waals surface area contributed by atoms with E-state index in [2.05, 4.69) is 25.6 Å². The zero-order chi connectivity index (χ0) is 20.2. The van der Waals surface area contributed by atoms with Crippen molar-refractivity contribution in [2.75, 3.05) is 5.32 Å². The summed E-state index contributed by atoms with van der Waals surface area (Å²) in [4.78, 5) is 17.3. The van der Waals surface area contributed by atoms with E-state index in [1.165, 1.54) is 6.20 Å². The van der Waals surface area contributed by atoms with Crippen molar-refractivity contribution in [1.82, 2.24) is 25.0 Å². The fourth-order valence-corrected chi connectivity index (χ4v) is 2.97. The molecule has 0 saturated heterocycles. The molecule has 0 spiro atoms. The molecule has 1 atom stereocenters. The third kappa shape index (κ3) is 4.22. The normalized spacial score (nSPS) is 11.9. The molecule has 0 bridgehead atoms. The van der Waals surface area contributed by atoms with Crippen LogP contribution in [0.2, 0.25) is 0 Å². The van der Waals surface area contributed by atoms with Crippen LogP contribution in [0, 0.1) is 0 Å². The summed E-state index contributed by atoms with van der Waals surface area (Å²) >= 11 is 0. The minimum atomic E-state index is -0.254. The van der Waals surface area contributed by atoms with Crippen LogP contribution in [-0.2, 0) is 6.54 Å². The molecule has 1 unspecified atom stereocenters. The van der Waals surface area contributed by atoms with Crippen molar-refractivity contribution in [3.63, 3.8) is 0 Å².